The second kappa shape index (κ2) is 9.22. The lowest BCUT2D eigenvalue weighted by Crippen LogP contribution is -2.11. The molecular weight excluding hydrogens is 422 g/mol. The van der Waals surface area contributed by atoms with Crippen LogP contribution in [-0.4, -0.2) is 16.1 Å². The maximum atomic E-state index is 12.5. The molecule has 0 fully saturated rings. The topological polar surface area (TPSA) is 54.9 Å². The lowest BCUT2D eigenvalue weighted by atomic mass is 10.1. The van der Waals surface area contributed by atoms with Crippen molar-refractivity contribution in [2.45, 2.75) is 10.6 Å². The van der Waals surface area contributed by atoms with Gasteiger partial charge in [0.2, 0.25) is 5.13 Å². The van der Waals surface area contributed by atoms with Crippen LogP contribution >= 0.6 is 34.7 Å². The SMILES string of the molecule is O=C(Nc1nnc(-c2ccccc2)s1)c1ccc(CSc2ccc(Cl)cc2)cc1. The number of amides is 1. The summed E-state index contributed by atoms with van der Waals surface area (Å²) in [4.78, 5) is 13.6. The molecule has 4 nitrogen and oxygen atoms in total. The quantitative estimate of drug-likeness (QED) is 0.354. The van der Waals surface area contributed by atoms with E-state index in [9.17, 15) is 4.79 Å². The van der Waals surface area contributed by atoms with Crippen molar-refractivity contribution in [2.75, 3.05) is 5.32 Å². The highest BCUT2D eigenvalue weighted by atomic mass is 35.5. The van der Waals surface area contributed by atoms with Gasteiger partial charge in [-0.2, -0.15) is 0 Å². The van der Waals surface area contributed by atoms with E-state index in [0.29, 0.717) is 10.7 Å². The van der Waals surface area contributed by atoms with Crippen LogP contribution in [0, 0.1) is 0 Å². The van der Waals surface area contributed by atoms with E-state index in [1.807, 2.05) is 78.9 Å². The van der Waals surface area contributed by atoms with Gasteiger partial charge in [-0.05, 0) is 42.0 Å². The Kier molecular flexibility index (Phi) is 6.24. The van der Waals surface area contributed by atoms with Gasteiger partial charge in [0, 0.05) is 26.8 Å². The van der Waals surface area contributed by atoms with Crippen LogP contribution < -0.4 is 5.32 Å². The minimum absolute atomic E-state index is 0.197. The number of aromatic nitrogens is 2. The number of nitrogens with zero attached hydrogens (tertiary/aromatic N) is 2. The van der Waals surface area contributed by atoms with Gasteiger partial charge in [0.25, 0.3) is 5.91 Å². The van der Waals surface area contributed by atoms with Crippen molar-refractivity contribution in [3.05, 3.63) is 95.0 Å². The number of hydrogen-bond donors (Lipinski definition) is 1. The van der Waals surface area contributed by atoms with Crippen LogP contribution in [0.4, 0.5) is 5.13 Å². The van der Waals surface area contributed by atoms with Gasteiger partial charge >= 0.3 is 0 Å². The zero-order valence-electron chi connectivity index (χ0n) is 15.2. The number of carbonyl (C=O) groups is 1. The molecule has 1 aromatic heterocycles. The molecule has 1 heterocycles. The maximum absolute atomic E-state index is 12.5. The third kappa shape index (κ3) is 5.23. The van der Waals surface area contributed by atoms with Gasteiger partial charge in [-0.25, -0.2) is 0 Å². The highest BCUT2D eigenvalue weighted by Crippen LogP contribution is 2.27. The summed E-state index contributed by atoms with van der Waals surface area (Å²) in [5, 5.41) is 13.0. The first kappa shape index (κ1) is 19.6. The van der Waals surface area contributed by atoms with Crippen molar-refractivity contribution in [3.8, 4) is 10.6 Å². The summed E-state index contributed by atoms with van der Waals surface area (Å²) in [6, 6.07) is 25.1. The molecule has 4 rings (SSSR count). The van der Waals surface area contributed by atoms with Crippen LogP contribution in [0.25, 0.3) is 10.6 Å². The minimum atomic E-state index is -0.197. The van der Waals surface area contributed by atoms with E-state index in [2.05, 4.69) is 15.5 Å². The lowest BCUT2D eigenvalue weighted by Gasteiger charge is -2.05. The van der Waals surface area contributed by atoms with Gasteiger partial charge in [-0.3, -0.25) is 10.1 Å². The second-order valence-electron chi connectivity index (χ2n) is 6.17. The Morgan fingerprint density at radius 3 is 2.38 bits per heavy atom. The maximum Gasteiger partial charge on any atom is 0.257 e. The van der Waals surface area contributed by atoms with Crippen LogP contribution in [0.3, 0.4) is 0 Å². The molecule has 0 saturated heterocycles. The fourth-order valence-electron chi connectivity index (χ4n) is 2.59. The van der Waals surface area contributed by atoms with Crippen LogP contribution in [0.5, 0.6) is 0 Å². The number of halogens is 1. The number of thioether (sulfide) groups is 1. The molecular formula is C22H16ClN3OS2. The van der Waals surface area contributed by atoms with E-state index in [1.54, 1.807) is 11.8 Å². The number of hydrogen-bond acceptors (Lipinski definition) is 5. The Balaban J connectivity index is 1.35. The molecule has 0 atom stereocenters. The Labute approximate surface area is 182 Å². The molecule has 0 aliphatic heterocycles. The average molecular weight is 438 g/mol. The predicted octanol–water partition coefficient (Wildman–Crippen LogP) is 6.40. The molecule has 1 N–H and O–H groups in total. The summed E-state index contributed by atoms with van der Waals surface area (Å²) in [6.07, 6.45) is 0. The monoisotopic (exact) mass is 437 g/mol. The third-order valence-corrected chi connectivity index (χ3v) is 6.32. The molecule has 1 amide bonds. The molecule has 0 bridgehead atoms. The molecule has 4 aromatic rings. The van der Waals surface area contributed by atoms with Gasteiger partial charge in [-0.15, -0.1) is 22.0 Å². The molecule has 0 aliphatic carbocycles. The van der Waals surface area contributed by atoms with E-state index >= 15 is 0 Å². The van der Waals surface area contributed by atoms with Crippen molar-refractivity contribution < 1.29 is 4.79 Å². The summed E-state index contributed by atoms with van der Waals surface area (Å²) in [7, 11) is 0. The predicted molar refractivity (Wildman–Crippen MR) is 121 cm³/mol. The first-order chi connectivity index (χ1) is 14.2. The van der Waals surface area contributed by atoms with Crippen LogP contribution in [0.15, 0.2) is 83.8 Å². The van der Waals surface area contributed by atoms with E-state index in [-0.39, 0.29) is 5.91 Å². The smallest absolute Gasteiger partial charge is 0.257 e. The molecule has 3 aromatic carbocycles. The van der Waals surface area contributed by atoms with Crippen LogP contribution in [0.1, 0.15) is 15.9 Å². The number of benzene rings is 3. The van der Waals surface area contributed by atoms with E-state index < -0.39 is 0 Å². The largest absolute Gasteiger partial charge is 0.296 e. The molecule has 0 unspecified atom stereocenters. The van der Waals surface area contributed by atoms with Gasteiger partial charge < -0.3 is 0 Å². The van der Waals surface area contributed by atoms with Crippen molar-refractivity contribution in [3.63, 3.8) is 0 Å². The highest BCUT2D eigenvalue weighted by molar-refractivity contribution is 7.98. The fourth-order valence-corrected chi connectivity index (χ4v) is 4.31. The van der Waals surface area contributed by atoms with Gasteiger partial charge in [-0.1, -0.05) is 65.4 Å². The number of rotatable bonds is 6. The standard InChI is InChI=1S/C22H16ClN3OS2/c23-18-10-12-19(13-11-18)28-14-15-6-8-16(9-7-15)20(27)24-22-26-25-21(29-22)17-4-2-1-3-5-17/h1-13H,14H2,(H,24,26,27). The Morgan fingerprint density at radius 2 is 1.66 bits per heavy atom. The van der Waals surface area contributed by atoms with E-state index in [0.717, 1.165) is 31.8 Å². The molecule has 0 spiro atoms. The first-order valence-electron chi connectivity index (χ1n) is 8.85. The number of carbonyl (C=O) groups excluding carboxylic acids is 1. The second-order valence-corrected chi connectivity index (χ2v) is 8.63. The summed E-state index contributed by atoms with van der Waals surface area (Å²) < 4.78 is 0. The normalized spacial score (nSPS) is 10.7. The Morgan fingerprint density at radius 1 is 0.931 bits per heavy atom. The number of nitrogens with one attached hydrogen (secondary N) is 1. The first-order valence-corrected chi connectivity index (χ1v) is 11.0. The van der Waals surface area contributed by atoms with Gasteiger partial charge in [0.05, 0.1) is 0 Å². The van der Waals surface area contributed by atoms with Gasteiger partial charge in [0.1, 0.15) is 5.01 Å². The highest BCUT2D eigenvalue weighted by Gasteiger charge is 2.11. The van der Waals surface area contributed by atoms with Gasteiger partial charge in [0.15, 0.2) is 0 Å². The minimum Gasteiger partial charge on any atom is -0.296 e. The van der Waals surface area contributed by atoms with Crippen molar-refractivity contribution in [1.29, 1.82) is 0 Å². The summed E-state index contributed by atoms with van der Waals surface area (Å²) in [5.41, 5.74) is 2.71. The Bertz CT molecular complexity index is 1100. The van der Waals surface area contributed by atoms with E-state index in [1.165, 1.54) is 11.3 Å². The number of anilines is 1. The Hall–Kier alpha value is -2.67. The third-order valence-electron chi connectivity index (χ3n) is 4.10. The van der Waals surface area contributed by atoms with Crippen LogP contribution in [-0.2, 0) is 5.75 Å². The van der Waals surface area contributed by atoms with Crippen LogP contribution in [0.2, 0.25) is 5.02 Å². The molecule has 144 valence electrons. The van der Waals surface area contributed by atoms with Crippen molar-refractivity contribution in [1.82, 2.24) is 10.2 Å². The average Bonchev–Trinajstić information content (AvgIpc) is 3.23. The molecule has 0 radical (unpaired) electrons. The summed E-state index contributed by atoms with van der Waals surface area (Å²) >= 11 is 8.99. The van der Waals surface area contributed by atoms with E-state index in [4.69, 9.17) is 11.6 Å². The molecule has 0 saturated carbocycles. The fraction of sp³-hybridized carbons (Fsp3) is 0.0455. The van der Waals surface area contributed by atoms with Crippen molar-refractivity contribution >= 4 is 45.7 Å². The summed E-state index contributed by atoms with van der Waals surface area (Å²) in [5.74, 6) is 0.623. The molecule has 7 heteroatoms. The zero-order chi connectivity index (χ0) is 20.1. The molecule has 0 aliphatic rings. The summed E-state index contributed by atoms with van der Waals surface area (Å²) in [6.45, 7) is 0. The molecule has 29 heavy (non-hydrogen) atoms. The zero-order valence-corrected chi connectivity index (χ0v) is 17.6. The lowest BCUT2D eigenvalue weighted by molar-refractivity contribution is 0.102. The van der Waals surface area contributed by atoms with Crippen molar-refractivity contribution in [2.24, 2.45) is 0 Å².